The van der Waals surface area contributed by atoms with Crippen LogP contribution in [0.2, 0.25) is 0 Å². The Balaban J connectivity index is 1.74. The van der Waals surface area contributed by atoms with Crippen molar-refractivity contribution in [2.45, 2.75) is 6.61 Å². The Morgan fingerprint density at radius 3 is 2.25 bits per heavy atom. The molecule has 0 unspecified atom stereocenters. The van der Waals surface area contributed by atoms with Crippen molar-refractivity contribution in [1.29, 1.82) is 0 Å². The Morgan fingerprint density at radius 2 is 1.58 bits per heavy atom. The second-order valence-electron chi connectivity index (χ2n) is 5.36. The van der Waals surface area contributed by atoms with Crippen LogP contribution in [0.1, 0.15) is 11.1 Å². The molecule has 0 aliphatic carbocycles. The molecule has 0 radical (unpaired) electrons. The standard InChI is InChI=1S/C22H18O2/c1-3-18-15-20(11-14-22(18)23-2)19-9-12-21(13-10-19)24-16-17-7-5-4-6-8-17/h1,4-15H,16H2,2H3. The maximum absolute atomic E-state index is 5.81. The molecule has 3 aromatic carbocycles. The Morgan fingerprint density at radius 1 is 0.875 bits per heavy atom. The number of terminal acetylenes is 1. The van der Waals surface area contributed by atoms with Gasteiger partial charge in [0.15, 0.2) is 0 Å². The van der Waals surface area contributed by atoms with E-state index in [4.69, 9.17) is 15.9 Å². The molecular weight excluding hydrogens is 296 g/mol. The molecule has 2 nitrogen and oxygen atoms in total. The molecule has 0 N–H and O–H groups in total. The van der Waals surface area contributed by atoms with Crippen molar-refractivity contribution >= 4 is 0 Å². The minimum absolute atomic E-state index is 0.559. The van der Waals surface area contributed by atoms with Crippen molar-refractivity contribution in [2.24, 2.45) is 0 Å². The van der Waals surface area contributed by atoms with Gasteiger partial charge >= 0.3 is 0 Å². The predicted octanol–water partition coefficient (Wildman–Crippen LogP) is 4.92. The Bertz CT molecular complexity index is 843. The third-order valence-electron chi connectivity index (χ3n) is 3.79. The van der Waals surface area contributed by atoms with Crippen LogP contribution < -0.4 is 9.47 Å². The fraction of sp³-hybridized carbons (Fsp3) is 0.0909. The molecule has 118 valence electrons. The van der Waals surface area contributed by atoms with Gasteiger partial charge in [-0.3, -0.25) is 0 Å². The van der Waals surface area contributed by atoms with E-state index in [1.165, 1.54) is 0 Å². The number of hydrogen-bond acceptors (Lipinski definition) is 2. The highest BCUT2D eigenvalue weighted by molar-refractivity contribution is 5.68. The Kier molecular flexibility index (Phi) is 4.84. The van der Waals surface area contributed by atoms with Crippen molar-refractivity contribution in [2.75, 3.05) is 7.11 Å². The van der Waals surface area contributed by atoms with Crippen molar-refractivity contribution in [3.63, 3.8) is 0 Å². The highest BCUT2D eigenvalue weighted by Gasteiger charge is 2.04. The van der Waals surface area contributed by atoms with E-state index < -0.39 is 0 Å². The van der Waals surface area contributed by atoms with Crippen LogP contribution in [0.4, 0.5) is 0 Å². The van der Waals surface area contributed by atoms with Crippen LogP contribution in [-0.2, 0) is 6.61 Å². The number of ether oxygens (including phenoxy) is 2. The quantitative estimate of drug-likeness (QED) is 0.622. The summed E-state index contributed by atoms with van der Waals surface area (Å²) in [5, 5.41) is 0. The third-order valence-corrected chi connectivity index (χ3v) is 3.79. The Labute approximate surface area is 142 Å². The van der Waals surface area contributed by atoms with E-state index in [1.807, 2.05) is 72.8 Å². The van der Waals surface area contributed by atoms with E-state index in [9.17, 15) is 0 Å². The molecule has 0 bridgehead atoms. The van der Waals surface area contributed by atoms with E-state index >= 15 is 0 Å². The van der Waals surface area contributed by atoms with Crippen LogP contribution in [0.25, 0.3) is 11.1 Å². The van der Waals surface area contributed by atoms with Crippen molar-refractivity contribution in [3.8, 4) is 35.0 Å². The zero-order valence-corrected chi connectivity index (χ0v) is 13.5. The number of benzene rings is 3. The monoisotopic (exact) mass is 314 g/mol. The number of hydrogen-bond donors (Lipinski definition) is 0. The van der Waals surface area contributed by atoms with E-state index in [-0.39, 0.29) is 0 Å². The lowest BCUT2D eigenvalue weighted by Gasteiger charge is -2.09. The molecule has 0 amide bonds. The van der Waals surface area contributed by atoms with Gasteiger partial charge in [-0.1, -0.05) is 54.5 Å². The van der Waals surface area contributed by atoms with Crippen LogP contribution in [-0.4, -0.2) is 7.11 Å². The molecule has 0 atom stereocenters. The molecular formula is C22H18O2. The average Bonchev–Trinajstić information content (AvgIpc) is 2.67. The first-order chi connectivity index (χ1) is 11.8. The SMILES string of the molecule is C#Cc1cc(-c2ccc(OCc3ccccc3)cc2)ccc1OC. The summed E-state index contributed by atoms with van der Waals surface area (Å²) in [7, 11) is 1.62. The average molecular weight is 314 g/mol. The molecule has 3 aromatic rings. The summed E-state index contributed by atoms with van der Waals surface area (Å²) < 4.78 is 11.1. The van der Waals surface area contributed by atoms with Crippen LogP contribution in [0.3, 0.4) is 0 Å². The third kappa shape index (κ3) is 3.59. The van der Waals surface area contributed by atoms with Gasteiger partial charge in [0.05, 0.1) is 12.7 Å². The summed E-state index contributed by atoms with van der Waals surface area (Å²) in [6.45, 7) is 0.559. The van der Waals surface area contributed by atoms with Crippen LogP contribution >= 0.6 is 0 Å². The molecule has 3 rings (SSSR count). The van der Waals surface area contributed by atoms with Gasteiger partial charge in [-0.25, -0.2) is 0 Å². The van der Waals surface area contributed by atoms with Crippen molar-refractivity contribution < 1.29 is 9.47 Å². The zero-order chi connectivity index (χ0) is 16.8. The smallest absolute Gasteiger partial charge is 0.134 e. The van der Waals surface area contributed by atoms with Gasteiger partial charge in [0, 0.05) is 0 Å². The highest BCUT2D eigenvalue weighted by atomic mass is 16.5. The highest BCUT2D eigenvalue weighted by Crippen LogP contribution is 2.27. The van der Waals surface area contributed by atoms with Gasteiger partial charge in [0.1, 0.15) is 18.1 Å². The fourth-order valence-electron chi connectivity index (χ4n) is 2.48. The Hall–Kier alpha value is -3.18. The number of rotatable bonds is 5. The van der Waals surface area contributed by atoms with Crippen molar-refractivity contribution in [1.82, 2.24) is 0 Å². The summed E-state index contributed by atoms with van der Waals surface area (Å²) in [5.74, 6) is 4.21. The second kappa shape index (κ2) is 7.39. The molecule has 2 heteroatoms. The van der Waals surface area contributed by atoms with Crippen LogP contribution in [0.15, 0.2) is 72.8 Å². The largest absolute Gasteiger partial charge is 0.495 e. The first kappa shape index (κ1) is 15.7. The molecule has 0 saturated heterocycles. The molecule has 0 fully saturated rings. The van der Waals surface area contributed by atoms with E-state index in [2.05, 4.69) is 5.92 Å². The maximum Gasteiger partial charge on any atom is 0.134 e. The maximum atomic E-state index is 5.81. The van der Waals surface area contributed by atoms with Gasteiger partial charge in [0.2, 0.25) is 0 Å². The molecule has 24 heavy (non-hydrogen) atoms. The minimum Gasteiger partial charge on any atom is -0.495 e. The number of methoxy groups -OCH3 is 1. The van der Waals surface area contributed by atoms with Gasteiger partial charge in [0.25, 0.3) is 0 Å². The van der Waals surface area contributed by atoms with Gasteiger partial charge in [-0.15, -0.1) is 6.42 Å². The van der Waals surface area contributed by atoms with Gasteiger partial charge in [-0.05, 0) is 41.0 Å². The van der Waals surface area contributed by atoms with Gasteiger partial charge in [-0.2, -0.15) is 0 Å². The first-order valence-corrected chi connectivity index (χ1v) is 7.72. The van der Waals surface area contributed by atoms with Gasteiger partial charge < -0.3 is 9.47 Å². The predicted molar refractivity (Wildman–Crippen MR) is 97.1 cm³/mol. The fourth-order valence-corrected chi connectivity index (χ4v) is 2.48. The topological polar surface area (TPSA) is 18.5 Å². The lowest BCUT2D eigenvalue weighted by atomic mass is 10.0. The molecule has 0 saturated carbocycles. The van der Waals surface area contributed by atoms with E-state index in [0.717, 1.165) is 28.0 Å². The summed E-state index contributed by atoms with van der Waals surface area (Å²) in [6, 6.07) is 24.0. The minimum atomic E-state index is 0.559. The second-order valence-corrected chi connectivity index (χ2v) is 5.36. The molecule has 0 heterocycles. The normalized spacial score (nSPS) is 10.0. The van der Waals surface area contributed by atoms with E-state index in [1.54, 1.807) is 7.11 Å². The van der Waals surface area contributed by atoms with Crippen molar-refractivity contribution in [3.05, 3.63) is 83.9 Å². The molecule has 0 spiro atoms. The summed E-state index contributed by atoms with van der Waals surface area (Å²) in [6.07, 6.45) is 5.54. The van der Waals surface area contributed by atoms with Crippen LogP contribution in [0.5, 0.6) is 11.5 Å². The zero-order valence-electron chi connectivity index (χ0n) is 13.5. The molecule has 0 aliphatic rings. The summed E-state index contributed by atoms with van der Waals surface area (Å²) in [4.78, 5) is 0. The summed E-state index contributed by atoms with van der Waals surface area (Å²) >= 11 is 0. The summed E-state index contributed by atoms with van der Waals surface area (Å²) in [5.41, 5.74) is 4.04. The molecule has 0 aliphatic heterocycles. The van der Waals surface area contributed by atoms with E-state index in [0.29, 0.717) is 12.4 Å². The van der Waals surface area contributed by atoms with Crippen LogP contribution in [0, 0.1) is 12.3 Å². The lowest BCUT2D eigenvalue weighted by Crippen LogP contribution is -1.94. The molecule has 0 aromatic heterocycles. The lowest BCUT2D eigenvalue weighted by molar-refractivity contribution is 0.306. The first-order valence-electron chi connectivity index (χ1n) is 7.72.